The van der Waals surface area contributed by atoms with E-state index >= 15 is 0 Å². The quantitative estimate of drug-likeness (QED) is 0.761. The maximum Gasteiger partial charge on any atom is 0.223 e. The number of rotatable bonds is 3. The van der Waals surface area contributed by atoms with Crippen molar-refractivity contribution in [3.05, 3.63) is 64.1 Å². The van der Waals surface area contributed by atoms with Crippen LogP contribution < -0.4 is 15.1 Å². The minimum atomic E-state index is -0.578. The highest BCUT2D eigenvalue weighted by Gasteiger charge is 2.57. The first-order valence-corrected chi connectivity index (χ1v) is 10.4. The molecule has 2 aromatic carbocycles. The smallest absolute Gasteiger partial charge is 0.223 e. The highest BCUT2D eigenvalue weighted by molar-refractivity contribution is 9.10. The van der Waals surface area contributed by atoms with E-state index in [-0.39, 0.29) is 11.3 Å². The van der Waals surface area contributed by atoms with Gasteiger partial charge < -0.3 is 15.1 Å². The molecule has 4 rings (SSSR count). The summed E-state index contributed by atoms with van der Waals surface area (Å²) in [5.41, 5.74) is 3.88. The van der Waals surface area contributed by atoms with Crippen molar-refractivity contribution >= 4 is 39.3 Å². The van der Waals surface area contributed by atoms with Crippen molar-refractivity contribution < 1.29 is 4.79 Å². The van der Waals surface area contributed by atoms with E-state index in [2.05, 4.69) is 99.5 Å². The molecule has 0 radical (unpaired) electrons. The Hall–Kier alpha value is -2.27. The molecule has 5 heteroatoms. The topological polar surface area (TPSA) is 35.6 Å². The molecular weight excluding hydrogens is 414 g/mol. The second-order valence-corrected chi connectivity index (χ2v) is 9.24. The van der Waals surface area contributed by atoms with Gasteiger partial charge in [0.1, 0.15) is 5.66 Å². The highest BCUT2D eigenvalue weighted by atomic mass is 79.9. The van der Waals surface area contributed by atoms with Gasteiger partial charge in [0.2, 0.25) is 5.91 Å². The minimum absolute atomic E-state index is 0.101. The van der Waals surface area contributed by atoms with Crippen LogP contribution >= 0.6 is 15.9 Å². The molecule has 2 aliphatic rings. The predicted octanol–water partition coefficient (Wildman–Crippen LogP) is 4.54. The van der Waals surface area contributed by atoms with Gasteiger partial charge in [0, 0.05) is 48.3 Å². The van der Waals surface area contributed by atoms with E-state index in [0.29, 0.717) is 13.0 Å². The number of hydrogen-bond donors (Lipinski definition) is 1. The molecule has 0 aromatic heterocycles. The van der Waals surface area contributed by atoms with Crippen molar-refractivity contribution in [3.63, 3.8) is 0 Å². The van der Waals surface area contributed by atoms with Crippen molar-refractivity contribution in [1.29, 1.82) is 0 Å². The van der Waals surface area contributed by atoms with E-state index in [0.717, 1.165) is 10.0 Å². The van der Waals surface area contributed by atoms with Gasteiger partial charge >= 0.3 is 0 Å². The highest BCUT2D eigenvalue weighted by Crippen LogP contribution is 2.53. The molecule has 146 valence electrons. The van der Waals surface area contributed by atoms with Gasteiger partial charge in [0.15, 0.2) is 0 Å². The molecule has 4 nitrogen and oxygen atoms in total. The Kier molecular flexibility index (Phi) is 4.53. The first kappa shape index (κ1) is 19.1. The predicted molar refractivity (Wildman–Crippen MR) is 120 cm³/mol. The summed E-state index contributed by atoms with van der Waals surface area (Å²) in [7, 11) is 4.07. The number of nitrogens with one attached hydrogen (secondary N) is 1. The molecule has 1 atom stereocenters. The van der Waals surface area contributed by atoms with Crippen molar-refractivity contribution in [1.82, 2.24) is 5.32 Å². The third-order valence-corrected chi connectivity index (χ3v) is 6.61. The summed E-state index contributed by atoms with van der Waals surface area (Å²) in [6.07, 6.45) is 4.81. The zero-order valence-electron chi connectivity index (χ0n) is 16.8. The first-order chi connectivity index (χ1) is 13.2. The average Bonchev–Trinajstić information content (AvgIpc) is 2.84. The van der Waals surface area contributed by atoms with E-state index in [1.54, 1.807) is 0 Å². The lowest BCUT2D eigenvalue weighted by Gasteiger charge is -2.49. The van der Waals surface area contributed by atoms with E-state index in [9.17, 15) is 4.79 Å². The maximum absolute atomic E-state index is 12.5. The lowest BCUT2D eigenvalue weighted by molar-refractivity contribution is -0.124. The Labute approximate surface area is 175 Å². The van der Waals surface area contributed by atoms with Crippen molar-refractivity contribution in [2.45, 2.75) is 31.3 Å². The number of anilines is 2. The van der Waals surface area contributed by atoms with Crippen LogP contribution in [0.1, 0.15) is 31.4 Å². The van der Waals surface area contributed by atoms with Gasteiger partial charge in [-0.15, -0.1) is 0 Å². The molecule has 28 heavy (non-hydrogen) atoms. The van der Waals surface area contributed by atoms with Crippen molar-refractivity contribution in [2.75, 3.05) is 30.4 Å². The number of benzene rings is 2. The molecule has 1 N–H and O–H groups in total. The number of carbonyl (C=O) groups is 1. The van der Waals surface area contributed by atoms with Crippen LogP contribution in [0.5, 0.6) is 0 Å². The van der Waals surface area contributed by atoms with Gasteiger partial charge in [0.25, 0.3) is 0 Å². The summed E-state index contributed by atoms with van der Waals surface area (Å²) >= 11 is 3.61. The van der Waals surface area contributed by atoms with Gasteiger partial charge in [-0.3, -0.25) is 4.79 Å². The minimum Gasteiger partial charge on any atom is -0.378 e. The van der Waals surface area contributed by atoms with E-state index < -0.39 is 5.66 Å². The van der Waals surface area contributed by atoms with Gasteiger partial charge in [-0.2, -0.15) is 0 Å². The molecule has 2 heterocycles. The molecule has 0 bridgehead atoms. The zero-order chi connectivity index (χ0) is 20.1. The average molecular weight is 440 g/mol. The summed E-state index contributed by atoms with van der Waals surface area (Å²) in [5.74, 6) is 0.101. The largest absolute Gasteiger partial charge is 0.378 e. The second-order valence-electron chi connectivity index (χ2n) is 8.32. The van der Waals surface area contributed by atoms with Crippen LogP contribution in [0.4, 0.5) is 11.4 Å². The summed E-state index contributed by atoms with van der Waals surface area (Å²) in [6.45, 7) is 5.14. The molecule has 1 unspecified atom stereocenters. The molecule has 1 amide bonds. The first-order valence-electron chi connectivity index (χ1n) is 9.60. The Morgan fingerprint density at radius 2 is 1.86 bits per heavy atom. The summed E-state index contributed by atoms with van der Waals surface area (Å²) in [5, 5.41) is 3.33. The number of nitrogens with zero attached hydrogens (tertiary/aromatic N) is 2. The molecular formula is C23H26BrN3O. The number of hydrogen-bond acceptors (Lipinski definition) is 3. The third-order valence-electron chi connectivity index (χ3n) is 6.12. The van der Waals surface area contributed by atoms with Crippen LogP contribution in [0.3, 0.4) is 0 Å². The molecule has 2 aromatic rings. The zero-order valence-corrected chi connectivity index (χ0v) is 18.4. The third kappa shape index (κ3) is 2.84. The van der Waals surface area contributed by atoms with Crippen LogP contribution in [0, 0.1) is 0 Å². The summed E-state index contributed by atoms with van der Waals surface area (Å²) in [4.78, 5) is 16.9. The lowest BCUT2D eigenvalue weighted by atomic mass is 9.74. The Balaban J connectivity index is 1.78. The Bertz CT molecular complexity index is 949. The number of carbonyl (C=O) groups excluding carboxylic acids is 1. The monoisotopic (exact) mass is 439 g/mol. The Morgan fingerprint density at radius 1 is 1.14 bits per heavy atom. The fourth-order valence-electron chi connectivity index (χ4n) is 4.43. The van der Waals surface area contributed by atoms with Crippen molar-refractivity contribution in [2.24, 2.45) is 0 Å². The fourth-order valence-corrected chi connectivity index (χ4v) is 4.79. The molecule has 2 aliphatic heterocycles. The normalized spacial score (nSPS) is 22.8. The molecule has 1 fully saturated rings. The molecule has 0 saturated carbocycles. The van der Waals surface area contributed by atoms with E-state index in [1.807, 2.05) is 14.1 Å². The Morgan fingerprint density at radius 3 is 2.54 bits per heavy atom. The van der Waals surface area contributed by atoms with Gasteiger partial charge in [-0.05, 0) is 47.5 Å². The van der Waals surface area contributed by atoms with Crippen LogP contribution in [-0.4, -0.2) is 32.2 Å². The molecule has 0 aliphatic carbocycles. The van der Waals surface area contributed by atoms with E-state index in [4.69, 9.17) is 0 Å². The van der Waals surface area contributed by atoms with Crippen molar-refractivity contribution in [3.8, 4) is 0 Å². The van der Waals surface area contributed by atoms with Crippen LogP contribution in [0.25, 0.3) is 6.08 Å². The molecule has 1 saturated heterocycles. The van der Waals surface area contributed by atoms with Gasteiger partial charge in [0.05, 0.1) is 0 Å². The molecule has 0 spiro atoms. The lowest BCUT2D eigenvalue weighted by Crippen LogP contribution is -2.68. The number of fused-ring (bicyclic) bond motifs is 3. The van der Waals surface area contributed by atoms with Crippen LogP contribution in [0.15, 0.2) is 53.0 Å². The van der Waals surface area contributed by atoms with Crippen LogP contribution in [-0.2, 0) is 10.2 Å². The summed E-state index contributed by atoms with van der Waals surface area (Å²) < 4.78 is 1.06. The maximum atomic E-state index is 12.5. The standard InChI is InChI=1S/C23H26BrN3O/c1-22(2)19-15-17(24)7-10-20(19)27-14-12-21(28)25-23(22,27)13-11-16-5-8-18(9-6-16)26(3)4/h5-11,13,15H,12,14H2,1-4H3,(H,25,28). The second kappa shape index (κ2) is 6.66. The van der Waals surface area contributed by atoms with E-state index in [1.165, 1.54) is 16.9 Å². The SMILES string of the molecule is CN(C)c1ccc(C=CC23NC(=O)CCN2c2ccc(Br)cc2C3(C)C)cc1. The van der Waals surface area contributed by atoms with Gasteiger partial charge in [-0.1, -0.05) is 48.0 Å². The summed E-state index contributed by atoms with van der Waals surface area (Å²) in [6, 6.07) is 14.9. The van der Waals surface area contributed by atoms with Crippen LogP contribution in [0.2, 0.25) is 0 Å². The van der Waals surface area contributed by atoms with Gasteiger partial charge in [-0.25, -0.2) is 0 Å². The fraction of sp³-hybridized carbons (Fsp3) is 0.348. The number of amides is 1. The number of halogens is 1.